The van der Waals surface area contributed by atoms with E-state index in [0.29, 0.717) is 36.3 Å². The number of aryl methyl sites for hydroxylation is 3. The van der Waals surface area contributed by atoms with Gasteiger partial charge in [-0.3, -0.25) is 19.1 Å². The number of benzene rings is 3. The zero-order valence-corrected chi connectivity index (χ0v) is 57.7. The molecule has 6 aromatic heterocycles. The van der Waals surface area contributed by atoms with Gasteiger partial charge in [0.25, 0.3) is 0 Å². The second kappa shape index (κ2) is 28.3. The van der Waals surface area contributed by atoms with E-state index in [1.807, 2.05) is 85.1 Å². The highest BCUT2D eigenvalue weighted by Gasteiger charge is 2.41. The van der Waals surface area contributed by atoms with Gasteiger partial charge in [0.2, 0.25) is 17.7 Å². The van der Waals surface area contributed by atoms with Gasteiger partial charge in [0.05, 0.1) is 108 Å². The van der Waals surface area contributed by atoms with Crippen molar-refractivity contribution in [1.29, 1.82) is 0 Å². The van der Waals surface area contributed by atoms with Crippen LogP contribution < -0.4 is 30.1 Å². The molecule has 9 heterocycles. The highest BCUT2D eigenvalue weighted by atomic mass is 35.5. The average molecular weight is 1450 g/mol. The molecule has 3 aliphatic heterocycles. The van der Waals surface area contributed by atoms with E-state index in [2.05, 4.69) is 62.8 Å². The molecule has 492 valence electrons. The molecule has 33 heteroatoms. The van der Waals surface area contributed by atoms with Crippen LogP contribution in [0.25, 0.3) is 31.7 Å². The van der Waals surface area contributed by atoms with Crippen molar-refractivity contribution in [3.8, 4) is 31.7 Å². The molecule has 0 spiro atoms. The van der Waals surface area contributed by atoms with Crippen LogP contribution in [-0.2, 0) is 65.2 Å². The zero-order valence-electron chi connectivity index (χ0n) is 50.5. The molecule has 3 unspecified atom stereocenters. The smallest absolute Gasteiger partial charge is 0.242 e. The fourth-order valence-corrected chi connectivity index (χ4v) is 18.5. The number of amides is 3. The number of nitrogens with zero attached hydrogens (tertiary/aromatic N) is 9. The van der Waals surface area contributed by atoms with Crippen LogP contribution in [0, 0.1) is 17.5 Å². The molecule has 3 aliphatic rings. The van der Waals surface area contributed by atoms with E-state index in [-0.39, 0.29) is 50.9 Å². The van der Waals surface area contributed by atoms with Crippen molar-refractivity contribution < 1.29 is 40.2 Å². The molecular formula is C60H63Cl3F3N15O6S6. The number of thiophene rings is 3. The molecule has 3 fully saturated rings. The summed E-state index contributed by atoms with van der Waals surface area (Å²) in [6.07, 6.45) is 10.2. The molecule has 21 nitrogen and oxygen atoms in total. The third kappa shape index (κ3) is 16.0. The van der Waals surface area contributed by atoms with Crippen molar-refractivity contribution in [1.82, 2.24) is 56.0 Å². The summed E-state index contributed by atoms with van der Waals surface area (Å²) in [5, 5.41) is 12.3. The first-order valence-electron chi connectivity index (χ1n) is 28.1. The average Bonchev–Trinajstić information content (AvgIpc) is 1.79. The van der Waals surface area contributed by atoms with E-state index in [1.165, 1.54) is 90.2 Å². The summed E-state index contributed by atoms with van der Waals surface area (Å²) in [7, 11) is 1.78. The minimum Gasteiger partial charge on any atom is -0.340 e. The lowest BCUT2D eigenvalue weighted by atomic mass is 10.1. The van der Waals surface area contributed by atoms with Gasteiger partial charge in [0, 0.05) is 86.4 Å². The Morgan fingerprint density at radius 3 is 1.25 bits per heavy atom. The number of nitrogens with one attached hydrogen (secondary N) is 6. The maximum atomic E-state index is 13.4. The third-order valence-corrected chi connectivity index (χ3v) is 25.5. The molecule has 0 radical (unpaired) electrons. The van der Waals surface area contributed by atoms with Crippen molar-refractivity contribution in [3.63, 3.8) is 0 Å². The van der Waals surface area contributed by atoms with Gasteiger partial charge in [-0.25, -0.2) is 62.8 Å². The lowest BCUT2D eigenvalue weighted by molar-refractivity contribution is -0.120. The number of likely N-dealkylation sites (N-methyl/N-ethyl adjacent to an activating group) is 3. The number of hydrogen-bond donors (Lipinski definition) is 6. The number of hydrogen-bond acceptors (Lipinski definition) is 12. The summed E-state index contributed by atoms with van der Waals surface area (Å²) < 4.78 is 98.6. The van der Waals surface area contributed by atoms with Crippen molar-refractivity contribution in [3.05, 3.63) is 175 Å². The molecular weight excluding hydrogens is 1380 g/mol. The monoisotopic (exact) mass is 1440 g/mol. The highest BCUT2D eigenvalue weighted by molar-refractivity contribution is 7.97. The van der Waals surface area contributed by atoms with Crippen LogP contribution in [0.3, 0.4) is 0 Å². The predicted molar refractivity (Wildman–Crippen MR) is 372 cm³/mol. The highest BCUT2D eigenvalue weighted by Crippen LogP contribution is 2.40. The van der Waals surface area contributed by atoms with Crippen LogP contribution in [0.1, 0.15) is 52.0 Å². The van der Waals surface area contributed by atoms with Gasteiger partial charge in [-0.05, 0) is 134 Å². The Morgan fingerprint density at radius 2 is 0.914 bits per heavy atom. The molecule has 3 aromatic carbocycles. The molecule has 12 rings (SSSR count). The van der Waals surface area contributed by atoms with E-state index >= 15 is 0 Å². The van der Waals surface area contributed by atoms with Crippen LogP contribution in [0.5, 0.6) is 0 Å². The fraction of sp³-hybridized carbons (Fsp3) is 0.250. The number of aromatic nitrogens is 6. The molecule has 3 saturated heterocycles. The lowest BCUT2D eigenvalue weighted by Gasteiger charge is -2.39. The Hall–Kier alpha value is -6.72. The standard InChI is InChI=1S/3C20H21ClFN5O2S2/c1-26-10-16(23-11-26)19-7-6-18(30-19)15-9-17(27(2)31(3,29)25-15)20(28)24-12-4-5-14(22)13(21)8-12;1-26-11-23-10-17(26)19-7-6-18(30-19)15-9-16(27(2)31(3,29)25-15)20(28)24-12-4-5-14(22)13(21)8-12;1-26-9-8-15(24-26)18-6-7-19(30-18)16-11-17(27(2)31(3,29)25-16)20(28)23-12-4-5-14(22)13(21)10-12/h4-8,10-11,15,17H,3,9H2,1-2H3,(H,24,28)(H,25,29);4-8,10-11,15-16H,3,9H2,1-2H3,(H,24,28)(H,25,29);4-10,16-17H,3,11H2,1-2H3,(H,23,28)(H,25,29)/t15-,17+,31?;15-,16+,31?;16-,17+,31?/m111/s1. The first-order chi connectivity index (χ1) is 43.9. The van der Waals surface area contributed by atoms with E-state index in [0.717, 1.165) is 46.3 Å². The van der Waals surface area contributed by atoms with E-state index in [1.54, 1.807) is 56.0 Å². The summed E-state index contributed by atoms with van der Waals surface area (Å²) >= 11 is 22.0. The summed E-state index contributed by atoms with van der Waals surface area (Å²) in [6, 6.07) is 22.5. The molecule has 93 heavy (non-hydrogen) atoms. The van der Waals surface area contributed by atoms with Gasteiger partial charge in [0.15, 0.2) is 0 Å². The SMILES string of the molecule is C=S1(=O)N[C@@H](c2ccc(-c3ccn(C)n3)s2)C[C@@H](C(=O)Nc2ccc(F)c(Cl)c2)N1C.C=S1(=O)N[C@@H](c2ccc(-c3cn(C)cn3)s2)C[C@@H](C(=O)Nc2ccc(F)c(Cl)c2)N1C.C=S1(=O)N[C@@H](c2ccc(-c3cncn3C)s2)C[C@@H](C(=O)Nc2ccc(F)c(Cl)c2)N1C. The number of anilines is 3. The normalized spacial score (nSPS) is 24.3. The van der Waals surface area contributed by atoms with Crippen molar-refractivity contribution in [2.24, 2.45) is 21.1 Å². The minimum atomic E-state index is -2.89. The first-order valence-corrected chi connectivity index (χ1v) is 36.7. The zero-order chi connectivity index (χ0) is 67.0. The quantitative estimate of drug-likeness (QED) is 0.0637. The Bertz CT molecular complexity index is 4440. The van der Waals surface area contributed by atoms with Gasteiger partial charge in [-0.15, -0.1) is 34.0 Å². The van der Waals surface area contributed by atoms with Crippen molar-refractivity contribution in [2.75, 3.05) is 37.1 Å². The largest absolute Gasteiger partial charge is 0.340 e. The van der Waals surface area contributed by atoms with Gasteiger partial charge in [-0.1, -0.05) is 34.8 Å². The molecule has 6 N–H and O–H groups in total. The minimum absolute atomic E-state index is 0.0865. The van der Waals surface area contributed by atoms with E-state index in [4.69, 9.17) is 34.8 Å². The lowest BCUT2D eigenvalue weighted by Crippen LogP contribution is -2.55. The summed E-state index contributed by atoms with van der Waals surface area (Å²) in [6.45, 7) is 0. The summed E-state index contributed by atoms with van der Waals surface area (Å²) in [4.78, 5) is 53.3. The number of halogens is 6. The van der Waals surface area contributed by atoms with Gasteiger partial charge >= 0.3 is 0 Å². The Kier molecular flexibility index (Phi) is 21.0. The number of carbonyl (C=O) groups excluding carboxylic acids is 3. The van der Waals surface area contributed by atoms with Gasteiger partial charge in [0.1, 0.15) is 41.3 Å². The van der Waals surface area contributed by atoms with Crippen molar-refractivity contribution in [2.45, 2.75) is 55.5 Å². The van der Waals surface area contributed by atoms with Crippen LogP contribution in [0.4, 0.5) is 30.2 Å². The Morgan fingerprint density at radius 1 is 0.538 bits per heavy atom. The molecule has 9 aromatic rings. The Balaban J connectivity index is 0.000000153. The molecule has 9 atom stereocenters. The van der Waals surface area contributed by atoms with Crippen LogP contribution in [0.2, 0.25) is 15.1 Å². The Labute approximate surface area is 563 Å². The predicted octanol–water partition coefficient (Wildman–Crippen LogP) is 10.4. The van der Waals surface area contributed by atoms with E-state index < -0.39 is 65.3 Å². The second-order valence-corrected chi connectivity index (χ2v) is 32.8. The first kappa shape index (κ1) is 69.1. The fourth-order valence-electron chi connectivity index (χ4n) is 10.2. The van der Waals surface area contributed by atoms with Gasteiger partial charge in [-0.2, -0.15) is 5.10 Å². The summed E-state index contributed by atoms with van der Waals surface area (Å²) in [5.74, 6) is 8.60. The van der Waals surface area contributed by atoms with Gasteiger partial charge < -0.3 is 25.1 Å². The summed E-state index contributed by atoms with van der Waals surface area (Å²) in [5.41, 5.74) is 3.77. The third-order valence-electron chi connectivity index (χ3n) is 15.4. The topological polar surface area (TPSA) is 238 Å². The van der Waals surface area contributed by atoms with E-state index in [9.17, 15) is 40.2 Å². The maximum absolute atomic E-state index is 13.4. The second-order valence-electron chi connectivity index (χ2n) is 22.0. The van der Waals surface area contributed by atoms with Crippen LogP contribution in [0.15, 0.2) is 128 Å². The van der Waals surface area contributed by atoms with Crippen molar-refractivity contribution >= 4 is 151 Å². The maximum Gasteiger partial charge on any atom is 0.242 e. The molecule has 0 aliphatic carbocycles. The molecule has 3 amide bonds. The molecule has 0 bridgehead atoms. The number of rotatable bonds is 12. The number of carbonyl (C=O) groups is 3. The number of imidazole rings is 2. The molecule has 0 saturated carbocycles. The van der Waals surface area contributed by atoms with Crippen LogP contribution in [-0.4, -0.2) is 129 Å². The van der Waals surface area contributed by atoms with Crippen LogP contribution >= 0.6 is 68.8 Å².